The molecule has 0 N–H and O–H groups in total. The molecule has 0 spiro atoms. The van der Waals surface area contributed by atoms with Crippen molar-refractivity contribution in [2.45, 2.75) is 0 Å². The number of halogens is 1. The molecular weight excluding hydrogens is 266 g/mol. The number of benzene rings is 1. The number of ketones is 1. The number of carbonyl (C=O) groups excluding carboxylic acids is 1. The first-order chi connectivity index (χ1) is 9.15. The highest BCUT2D eigenvalue weighted by atomic mass is 35.5. The van der Waals surface area contributed by atoms with Gasteiger partial charge in [-0.25, -0.2) is 4.98 Å². The molecule has 2 aromatic rings. The van der Waals surface area contributed by atoms with E-state index in [1.807, 2.05) is 0 Å². The third-order valence-electron chi connectivity index (χ3n) is 2.64. The smallest absolute Gasteiger partial charge is 0.196 e. The summed E-state index contributed by atoms with van der Waals surface area (Å²) in [4.78, 5) is 16.2. The van der Waals surface area contributed by atoms with Gasteiger partial charge in [0.25, 0.3) is 0 Å². The van der Waals surface area contributed by atoms with Gasteiger partial charge >= 0.3 is 0 Å². The third-order valence-corrected chi connectivity index (χ3v) is 2.85. The maximum atomic E-state index is 12.4. The first kappa shape index (κ1) is 13.4. The Morgan fingerprint density at radius 2 is 1.95 bits per heavy atom. The van der Waals surface area contributed by atoms with Gasteiger partial charge in [-0.1, -0.05) is 11.6 Å². The van der Waals surface area contributed by atoms with Crippen molar-refractivity contribution in [3.05, 3.63) is 52.8 Å². The number of aromatic nitrogens is 1. The molecule has 1 aromatic heterocycles. The van der Waals surface area contributed by atoms with Gasteiger partial charge in [0, 0.05) is 17.8 Å². The van der Waals surface area contributed by atoms with Crippen molar-refractivity contribution in [1.29, 1.82) is 0 Å². The number of hydrogen-bond acceptors (Lipinski definition) is 4. The monoisotopic (exact) mass is 277 g/mol. The van der Waals surface area contributed by atoms with Crippen LogP contribution in [0.15, 0.2) is 36.5 Å². The Labute approximate surface area is 115 Å². The summed E-state index contributed by atoms with van der Waals surface area (Å²) in [5, 5.41) is 0.276. The van der Waals surface area contributed by atoms with Crippen LogP contribution >= 0.6 is 11.6 Å². The average Bonchev–Trinajstić information content (AvgIpc) is 2.45. The zero-order chi connectivity index (χ0) is 13.8. The Kier molecular flexibility index (Phi) is 4.02. The van der Waals surface area contributed by atoms with Crippen LogP contribution in [0, 0.1) is 0 Å². The highest BCUT2D eigenvalue weighted by molar-refractivity contribution is 6.30. The van der Waals surface area contributed by atoms with Gasteiger partial charge < -0.3 is 9.47 Å². The Balaban J connectivity index is 2.44. The molecule has 98 valence electrons. The summed E-state index contributed by atoms with van der Waals surface area (Å²) in [5.41, 5.74) is 0.911. The number of pyridine rings is 1. The summed E-state index contributed by atoms with van der Waals surface area (Å²) in [6.45, 7) is 0. The Morgan fingerprint density at radius 1 is 1.16 bits per heavy atom. The van der Waals surface area contributed by atoms with Crippen LogP contribution in [-0.4, -0.2) is 25.0 Å². The standard InChI is InChI=1S/C14H12ClNO3/c1-18-10-3-4-11(12(8-10)19-2)14(17)9-5-6-16-13(15)7-9/h3-8H,1-2H3. The molecule has 0 radical (unpaired) electrons. The number of rotatable bonds is 4. The van der Waals surface area contributed by atoms with Crippen LogP contribution in [0.1, 0.15) is 15.9 Å². The van der Waals surface area contributed by atoms with E-state index < -0.39 is 0 Å². The van der Waals surface area contributed by atoms with Crippen molar-refractivity contribution in [2.75, 3.05) is 14.2 Å². The van der Waals surface area contributed by atoms with Crippen molar-refractivity contribution in [3.63, 3.8) is 0 Å². The average molecular weight is 278 g/mol. The second-order valence-electron chi connectivity index (χ2n) is 3.76. The first-order valence-electron chi connectivity index (χ1n) is 5.54. The number of ether oxygens (including phenoxy) is 2. The van der Waals surface area contributed by atoms with Gasteiger partial charge in [-0.15, -0.1) is 0 Å². The Hall–Kier alpha value is -2.07. The SMILES string of the molecule is COc1ccc(C(=O)c2ccnc(Cl)c2)c(OC)c1. The molecule has 0 saturated carbocycles. The van der Waals surface area contributed by atoms with E-state index in [2.05, 4.69) is 4.98 Å². The Bertz CT molecular complexity index is 613. The van der Waals surface area contributed by atoms with Crippen LogP contribution in [0.3, 0.4) is 0 Å². The number of nitrogens with zero attached hydrogens (tertiary/aromatic N) is 1. The lowest BCUT2D eigenvalue weighted by Crippen LogP contribution is -2.04. The summed E-state index contributed by atoms with van der Waals surface area (Å²) in [6.07, 6.45) is 1.49. The topological polar surface area (TPSA) is 48.4 Å². The molecule has 0 unspecified atom stereocenters. The fourth-order valence-electron chi connectivity index (χ4n) is 1.69. The molecule has 0 bridgehead atoms. The number of carbonyl (C=O) groups is 1. The molecule has 1 heterocycles. The quantitative estimate of drug-likeness (QED) is 0.637. The van der Waals surface area contributed by atoms with E-state index in [0.717, 1.165) is 0 Å². The minimum absolute atomic E-state index is 0.177. The predicted octanol–water partition coefficient (Wildman–Crippen LogP) is 2.98. The highest BCUT2D eigenvalue weighted by Gasteiger charge is 2.15. The molecule has 2 rings (SSSR count). The molecule has 0 fully saturated rings. The summed E-state index contributed by atoms with van der Waals surface area (Å²) >= 11 is 5.78. The minimum Gasteiger partial charge on any atom is -0.497 e. The number of hydrogen-bond donors (Lipinski definition) is 0. The van der Waals surface area contributed by atoms with E-state index in [1.54, 1.807) is 31.4 Å². The highest BCUT2D eigenvalue weighted by Crippen LogP contribution is 2.27. The van der Waals surface area contributed by atoms with Crippen molar-refractivity contribution >= 4 is 17.4 Å². The largest absolute Gasteiger partial charge is 0.497 e. The lowest BCUT2D eigenvalue weighted by molar-refractivity contribution is 0.103. The maximum absolute atomic E-state index is 12.4. The van der Waals surface area contributed by atoms with Gasteiger partial charge in [0.05, 0.1) is 19.8 Å². The fraction of sp³-hybridized carbons (Fsp3) is 0.143. The van der Waals surface area contributed by atoms with Gasteiger partial charge in [0.15, 0.2) is 5.78 Å². The zero-order valence-electron chi connectivity index (χ0n) is 10.5. The van der Waals surface area contributed by atoms with Crippen molar-refractivity contribution in [3.8, 4) is 11.5 Å². The van der Waals surface area contributed by atoms with Crippen LogP contribution in [0.25, 0.3) is 0 Å². The van der Waals surface area contributed by atoms with E-state index >= 15 is 0 Å². The normalized spacial score (nSPS) is 10.1. The van der Waals surface area contributed by atoms with Gasteiger partial charge in [-0.05, 0) is 24.3 Å². The molecule has 0 aliphatic carbocycles. The molecule has 19 heavy (non-hydrogen) atoms. The molecule has 0 amide bonds. The Morgan fingerprint density at radius 3 is 2.58 bits per heavy atom. The van der Waals surface area contributed by atoms with E-state index in [0.29, 0.717) is 22.6 Å². The molecule has 0 aliphatic rings. The van der Waals surface area contributed by atoms with Crippen LogP contribution in [0.4, 0.5) is 0 Å². The van der Waals surface area contributed by atoms with Crippen molar-refractivity contribution in [1.82, 2.24) is 4.98 Å². The molecular formula is C14H12ClNO3. The van der Waals surface area contributed by atoms with Crippen LogP contribution in [0.5, 0.6) is 11.5 Å². The predicted molar refractivity (Wildman–Crippen MR) is 72.2 cm³/mol. The minimum atomic E-state index is -0.177. The maximum Gasteiger partial charge on any atom is 0.196 e. The molecule has 5 heteroatoms. The third kappa shape index (κ3) is 2.85. The van der Waals surface area contributed by atoms with Crippen LogP contribution in [0.2, 0.25) is 5.15 Å². The van der Waals surface area contributed by atoms with Gasteiger partial charge in [-0.3, -0.25) is 4.79 Å². The van der Waals surface area contributed by atoms with Crippen LogP contribution < -0.4 is 9.47 Å². The summed E-state index contributed by atoms with van der Waals surface area (Å²) < 4.78 is 10.3. The van der Waals surface area contributed by atoms with Gasteiger partial charge in [0.1, 0.15) is 16.7 Å². The summed E-state index contributed by atoms with van der Waals surface area (Å²) in [7, 11) is 3.06. The fourth-order valence-corrected chi connectivity index (χ4v) is 1.86. The van der Waals surface area contributed by atoms with E-state index in [9.17, 15) is 4.79 Å². The van der Waals surface area contributed by atoms with E-state index in [4.69, 9.17) is 21.1 Å². The lowest BCUT2D eigenvalue weighted by atomic mass is 10.0. The zero-order valence-corrected chi connectivity index (χ0v) is 11.3. The second kappa shape index (κ2) is 5.71. The molecule has 0 aliphatic heterocycles. The summed E-state index contributed by atoms with van der Waals surface area (Å²) in [6, 6.07) is 8.16. The van der Waals surface area contributed by atoms with E-state index in [-0.39, 0.29) is 10.9 Å². The summed E-state index contributed by atoms with van der Waals surface area (Å²) in [5.74, 6) is 0.905. The second-order valence-corrected chi connectivity index (χ2v) is 4.15. The van der Waals surface area contributed by atoms with E-state index in [1.165, 1.54) is 19.4 Å². The first-order valence-corrected chi connectivity index (χ1v) is 5.92. The molecule has 0 saturated heterocycles. The van der Waals surface area contributed by atoms with Gasteiger partial charge in [0.2, 0.25) is 0 Å². The number of methoxy groups -OCH3 is 2. The van der Waals surface area contributed by atoms with Crippen molar-refractivity contribution < 1.29 is 14.3 Å². The lowest BCUT2D eigenvalue weighted by Gasteiger charge is -2.09. The van der Waals surface area contributed by atoms with Crippen LogP contribution in [-0.2, 0) is 0 Å². The van der Waals surface area contributed by atoms with Crippen molar-refractivity contribution in [2.24, 2.45) is 0 Å². The molecule has 4 nitrogen and oxygen atoms in total. The molecule has 0 atom stereocenters. The molecule has 1 aromatic carbocycles. The van der Waals surface area contributed by atoms with Gasteiger partial charge in [-0.2, -0.15) is 0 Å².